The van der Waals surface area contributed by atoms with E-state index in [4.69, 9.17) is 31.2 Å². The number of fused-ring (bicyclic) bond motifs is 2. The van der Waals surface area contributed by atoms with Crippen LogP contribution in [0.5, 0.6) is 23.0 Å². The van der Waals surface area contributed by atoms with E-state index in [1.807, 2.05) is 42.5 Å². The minimum Gasteiger partial charge on any atom is -0.454 e. The summed E-state index contributed by atoms with van der Waals surface area (Å²) in [5, 5.41) is 0. The van der Waals surface area contributed by atoms with Gasteiger partial charge in [-0.1, -0.05) is 36.1 Å². The summed E-state index contributed by atoms with van der Waals surface area (Å²) in [6.07, 6.45) is 1.82. The van der Waals surface area contributed by atoms with Gasteiger partial charge in [0.15, 0.2) is 23.0 Å². The molecule has 0 spiro atoms. The van der Waals surface area contributed by atoms with Crippen molar-refractivity contribution in [2.45, 2.75) is 6.54 Å². The van der Waals surface area contributed by atoms with Crippen LogP contribution in [0.1, 0.15) is 11.1 Å². The van der Waals surface area contributed by atoms with Crippen LogP contribution in [0.15, 0.2) is 41.3 Å². The first-order valence-electron chi connectivity index (χ1n) is 8.21. The Labute approximate surface area is 164 Å². The molecule has 3 aliphatic rings. The first kappa shape index (κ1) is 16.5. The maximum atomic E-state index is 12.8. The molecule has 0 unspecified atom stereocenters. The van der Waals surface area contributed by atoms with Crippen molar-refractivity contribution < 1.29 is 23.7 Å². The van der Waals surface area contributed by atoms with Crippen molar-refractivity contribution in [3.05, 3.63) is 52.4 Å². The molecule has 0 radical (unpaired) electrons. The third-order valence-electron chi connectivity index (χ3n) is 4.35. The summed E-state index contributed by atoms with van der Waals surface area (Å²) in [6, 6.07) is 11.2. The summed E-state index contributed by atoms with van der Waals surface area (Å²) in [4.78, 5) is 15.0. The highest BCUT2D eigenvalue weighted by atomic mass is 32.2. The highest BCUT2D eigenvalue weighted by Crippen LogP contribution is 2.38. The molecule has 5 rings (SSSR count). The molecule has 2 aromatic rings. The van der Waals surface area contributed by atoms with Gasteiger partial charge in [0.05, 0.1) is 11.4 Å². The molecule has 3 heterocycles. The van der Waals surface area contributed by atoms with Gasteiger partial charge in [0.25, 0.3) is 5.91 Å². The standard InChI is InChI=1S/C19H13NO5S2/c21-18-17(7-11-1-3-13-15(5-11)24-9-22-13)27-19(26)20(18)8-12-2-4-14-16(6-12)25-10-23-14/h1-7H,8-10H2. The zero-order valence-corrected chi connectivity index (χ0v) is 15.6. The van der Waals surface area contributed by atoms with Crippen molar-refractivity contribution in [2.24, 2.45) is 0 Å². The van der Waals surface area contributed by atoms with E-state index in [9.17, 15) is 4.79 Å². The topological polar surface area (TPSA) is 57.2 Å². The lowest BCUT2D eigenvalue weighted by atomic mass is 10.1. The molecule has 2 aromatic carbocycles. The number of benzene rings is 2. The zero-order valence-electron chi connectivity index (χ0n) is 14.0. The van der Waals surface area contributed by atoms with Crippen molar-refractivity contribution in [1.82, 2.24) is 4.90 Å². The smallest absolute Gasteiger partial charge is 0.266 e. The van der Waals surface area contributed by atoms with Gasteiger partial charge in [-0.3, -0.25) is 9.69 Å². The molecule has 27 heavy (non-hydrogen) atoms. The number of ether oxygens (including phenoxy) is 4. The van der Waals surface area contributed by atoms with E-state index in [1.165, 1.54) is 11.8 Å². The van der Waals surface area contributed by atoms with Crippen LogP contribution in [0.2, 0.25) is 0 Å². The molecular formula is C19H13NO5S2. The molecule has 8 heteroatoms. The minimum absolute atomic E-state index is 0.111. The zero-order chi connectivity index (χ0) is 18.4. The molecule has 1 amide bonds. The summed E-state index contributed by atoms with van der Waals surface area (Å²) < 4.78 is 21.9. The van der Waals surface area contributed by atoms with Crippen LogP contribution in [0.25, 0.3) is 6.08 Å². The Morgan fingerprint density at radius 2 is 1.63 bits per heavy atom. The Morgan fingerprint density at radius 1 is 0.963 bits per heavy atom. The molecule has 6 nitrogen and oxygen atoms in total. The fraction of sp³-hybridized carbons (Fsp3) is 0.158. The fourth-order valence-corrected chi connectivity index (χ4v) is 4.27. The number of hydrogen-bond donors (Lipinski definition) is 0. The van der Waals surface area contributed by atoms with Crippen molar-refractivity contribution >= 4 is 40.3 Å². The number of rotatable bonds is 3. The van der Waals surface area contributed by atoms with Crippen molar-refractivity contribution in [3.8, 4) is 23.0 Å². The van der Waals surface area contributed by atoms with E-state index in [-0.39, 0.29) is 19.5 Å². The summed E-state index contributed by atoms with van der Waals surface area (Å²) in [5.41, 5.74) is 1.79. The van der Waals surface area contributed by atoms with E-state index in [1.54, 1.807) is 4.90 Å². The van der Waals surface area contributed by atoms with Gasteiger partial charge in [0, 0.05) is 0 Å². The molecule has 0 N–H and O–H groups in total. The number of carbonyl (C=O) groups is 1. The number of carbonyl (C=O) groups excluding carboxylic acids is 1. The predicted molar refractivity (Wildman–Crippen MR) is 104 cm³/mol. The Kier molecular flexibility index (Phi) is 3.95. The third-order valence-corrected chi connectivity index (χ3v) is 5.72. The number of thiocarbonyl (C=S) groups is 1. The third kappa shape index (κ3) is 3.00. The van der Waals surface area contributed by atoms with Gasteiger partial charge in [-0.05, 0) is 41.5 Å². The largest absolute Gasteiger partial charge is 0.454 e. The van der Waals surface area contributed by atoms with Gasteiger partial charge in [0.2, 0.25) is 13.6 Å². The first-order valence-corrected chi connectivity index (χ1v) is 9.43. The monoisotopic (exact) mass is 399 g/mol. The van der Waals surface area contributed by atoms with Gasteiger partial charge >= 0.3 is 0 Å². The molecule has 1 fully saturated rings. The average Bonchev–Trinajstić information content (AvgIpc) is 3.37. The Hall–Kier alpha value is -2.71. The van der Waals surface area contributed by atoms with E-state index < -0.39 is 0 Å². The number of hydrogen-bond acceptors (Lipinski definition) is 7. The van der Waals surface area contributed by atoms with Crippen LogP contribution in [-0.4, -0.2) is 28.7 Å². The Morgan fingerprint density at radius 3 is 2.41 bits per heavy atom. The summed E-state index contributed by atoms with van der Waals surface area (Å²) >= 11 is 6.71. The van der Waals surface area contributed by atoms with Gasteiger partial charge < -0.3 is 18.9 Å². The molecule has 0 atom stereocenters. The van der Waals surface area contributed by atoms with Crippen LogP contribution < -0.4 is 18.9 Å². The molecule has 0 aliphatic carbocycles. The van der Waals surface area contributed by atoms with Crippen LogP contribution >= 0.6 is 24.0 Å². The highest BCUT2D eigenvalue weighted by molar-refractivity contribution is 8.26. The van der Waals surface area contributed by atoms with E-state index in [0.29, 0.717) is 38.8 Å². The Balaban J connectivity index is 1.37. The molecule has 3 aliphatic heterocycles. The normalized spacial score (nSPS) is 18.7. The summed E-state index contributed by atoms with van der Waals surface area (Å²) in [7, 11) is 0. The maximum Gasteiger partial charge on any atom is 0.266 e. The lowest BCUT2D eigenvalue weighted by Gasteiger charge is -2.14. The summed E-state index contributed by atoms with van der Waals surface area (Å²) in [6.45, 7) is 0.828. The van der Waals surface area contributed by atoms with Gasteiger partial charge in [-0.15, -0.1) is 0 Å². The average molecular weight is 399 g/mol. The number of amides is 1. The number of nitrogens with zero attached hydrogens (tertiary/aromatic N) is 1. The molecule has 0 aromatic heterocycles. The van der Waals surface area contributed by atoms with Crippen LogP contribution in [0, 0.1) is 0 Å². The maximum absolute atomic E-state index is 12.8. The van der Waals surface area contributed by atoms with Crippen molar-refractivity contribution in [1.29, 1.82) is 0 Å². The van der Waals surface area contributed by atoms with Crippen LogP contribution in [-0.2, 0) is 11.3 Å². The summed E-state index contributed by atoms with van der Waals surface area (Å²) in [5.74, 6) is 2.68. The van der Waals surface area contributed by atoms with Gasteiger partial charge in [-0.2, -0.15) is 0 Å². The quantitative estimate of drug-likeness (QED) is 0.578. The van der Waals surface area contributed by atoms with E-state index in [0.717, 1.165) is 11.1 Å². The number of thioether (sulfide) groups is 1. The van der Waals surface area contributed by atoms with E-state index >= 15 is 0 Å². The lowest BCUT2D eigenvalue weighted by Crippen LogP contribution is -2.27. The second-order valence-electron chi connectivity index (χ2n) is 6.07. The molecule has 1 saturated heterocycles. The van der Waals surface area contributed by atoms with Gasteiger partial charge in [0.1, 0.15) is 4.32 Å². The molecule has 136 valence electrons. The van der Waals surface area contributed by atoms with Crippen molar-refractivity contribution in [3.63, 3.8) is 0 Å². The molecule has 0 bridgehead atoms. The predicted octanol–water partition coefficient (Wildman–Crippen LogP) is 3.55. The Bertz CT molecular complexity index is 1000. The SMILES string of the molecule is O=C1C(=Cc2ccc3c(c2)OCO3)SC(=S)N1Cc1ccc2c(c1)OCO2. The lowest BCUT2D eigenvalue weighted by molar-refractivity contribution is -0.122. The fourth-order valence-electron chi connectivity index (χ4n) is 3.01. The second kappa shape index (κ2) is 6.47. The van der Waals surface area contributed by atoms with Gasteiger partial charge in [-0.25, -0.2) is 0 Å². The molecule has 0 saturated carbocycles. The second-order valence-corrected chi connectivity index (χ2v) is 7.74. The van der Waals surface area contributed by atoms with E-state index in [2.05, 4.69) is 0 Å². The van der Waals surface area contributed by atoms with Crippen LogP contribution in [0.4, 0.5) is 0 Å². The molecular weight excluding hydrogens is 386 g/mol. The first-order chi connectivity index (χ1) is 13.2. The van der Waals surface area contributed by atoms with Crippen molar-refractivity contribution in [2.75, 3.05) is 13.6 Å². The van der Waals surface area contributed by atoms with Crippen LogP contribution in [0.3, 0.4) is 0 Å². The minimum atomic E-state index is -0.111. The highest BCUT2D eigenvalue weighted by Gasteiger charge is 2.32.